The molecule has 0 bridgehead atoms. The van der Waals surface area contributed by atoms with E-state index in [9.17, 15) is 0 Å². The maximum absolute atomic E-state index is 2.39. The molecule has 2 heteroatoms. The van der Waals surface area contributed by atoms with Gasteiger partial charge in [-0.2, -0.15) is 0 Å². The second-order valence-corrected chi connectivity index (χ2v) is 6.92. The Hall–Kier alpha value is -2.07. The van der Waals surface area contributed by atoms with Crippen LogP contribution in [0.5, 0.6) is 0 Å². The van der Waals surface area contributed by atoms with Crippen molar-refractivity contribution in [3.8, 4) is 22.4 Å². The van der Waals surface area contributed by atoms with E-state index in [-0.39, 0.29) is 0 Å². The second-order valence-electron chi connectivity index (χ2n) is 5.68. The summed E-state index contributed by atoms with van der Waals surface area (Å²) in [4.78, 5) is 0. The second kappa shape index (κ2) is 5.85. The van der Waals surface area contributed by atoms with Crippen molar-refractivity contribution in [1.82, 2.24) is 4.57 Å². The Kier molecular flexibility index (Phi) is 3.69. The van der Waals surface area contributed by atoms with Gasteiger partial charge in [-0.05, 0) is 51.9 Å². The molecule has 3 aromatic carbocycles. The summed E-state index contributed by atoms with van der Waals surface area (Å²) in [6.07, 6.45) is 0. The first-order chi connectivity index (χ1) is 11.3. The van der Waals surface area contributed by atoms with E-state index in [0.29, 0.717) is 0 Å². The molecule has 1 aromatic heterocycles. The minimum absolute atomic E-state index is 1.25. The third-order valence-electron chi connectivity index (χ3n) is 4.27. The summed E-state index contributed by atoms with van der Waals surface area (Å²) >= 11 is 2.39. The van der Waals surface area contributed by atoms with Gasteiger partial charge in [-0.15, -0.1) is 0 Å². The van der Waals surface area contributed by atoms with Crippen molar-refractivity contribution in [2.45, 2.75) is 0 Å². The average molecular weight is 409 g/mol. The standard InChI is InChI=1S/C21H16IN/c1-23-19-13-12-17(22)14-18(19)20(15-8-4-2-5-9-15)21(23)16-10-6-3-7-11-16/h2-14H,1H3. The van der Waals surface area contributed by atoms with Crippen LogP contribution in [0.4, 0.5) is 0 Å². The predicted octanol–water partition coefficient (Wildman–Crippen LogP) is 6.12. The summed E-state index contributed by atoms with van der Waals surface area (Å²) in [5.74, 6) is 0. The molecule has 0 unspecified atom stereocenters. The molecular weight excluding hydrogens is 393 g/mol. The third-order valence-corrected chi connectivity index (χ3v) is 4.94. The quantitative estimate of drug-likeness (QED) is 0.352. The van der Waals surface area contributed by atoms with E-state index in [1.165, 1.54) is 36.9 Å². The molecule has 0 aliphatic carbocycles. The van der Waals surface area contributed by atoms with Crippen molar-refractivity contribution < 1.29 is 0 Å². The van der Waals surface area contributed by atoms with Crippen LogP contribution in [0.1, 0.15) is 0 Å². The number of aromatic nitrogens is 1. The molecule has 0 aliphatic heterocycles. The van der Waals surface area contributed by atoms with Crippen LogP contribution < -0.4 is 0 Å². The van der Waals surface area contributed by atoms with Gasteiger partial charge in [0.2, 0.25) is 0 Å². The largest absolute Gasteiger partial charge is 0.343 e. The topological polar surface area (TPSA) is 4.93 Å². The van der Waals surface area contributed by atoms with Crippen molar-refractivity contribution in [2.75, 3.05) is 0 Å². The van der Waals surface area contributed by atoms with Gasteiger partial charge < -0.3 is 4.57 Å². The summed E-state index contributed by atoms with van der Waals surface area (Å²) in [6.45, 7) is 0. The zero-order valence-electron chi connectivity index (χ0n) is 12.8. The summed E-state index contributed by atoms with van der Waals surface area (Å²) in [7, 11) is 2.16. The van der Waals surface area contributed by atoms with Crippen LogP contribution >= 0.6 is 22.6 Å². The molecule has 0 saturated carbocycles. The minimum Gasteiger partial charge on any atom is -0.343 e. The molecule has 1 heterocycles. The highest BCUT2D eigenvalue weighted by Gasteiger charge is 2.18. The SMILES string of the molecule is Cn1c(-c2ccccc2)c(-c2ccccc2)c2cc(I)ccc21. The van der Waals surface area contributed by atoms with Crippen LogP contribution in [0, 0.1) is 3.57 Å². The number of hydrogen-bond donors (Lipinski definition) is 0. The van der Waals surface area contributed by atoms with Crippen molar-refractivity contribution in [1.29, 1.82) is 0 Å². The average Bonchev–Trinajstić information content (AvgIpc) is 2.88. The van der Waals surface area contributed by atoms with Crippen LogP contribution in [0.2, 0.25) is 0 Å². The fourth-order valence-corrected chi connectivity index (χ4v) is 3.74. The van der Waals surface area contributed by atoms with E-state index in [4.69, 9.17) is 0 Å². The number of benzene rings is 3. The number of halogens is 1. The van der Waals surface area contributed by atoms with E-state index in [1.807, 2.05) is 0 Å². The number of nitrogens with zero attached hydrogens (tertiary/aromatic N) is 1. The minimum atomic E-state index is 1.25. The molecule has 0 N–H and O–H groups in total. The van der Waals surface area contributed by atoms with E-state index >= 15 is 0 Å². The Balaban J connectivity index is 2.15. The predicted molar refractivity (Wildman–Crippen MR) is 107 cm³/mol. The number of fused-ring (bicyclic) bond motifs is 1. The Morgan fingerprint density at radius 2 is 1.35 bits per heavy atom. The highest BCUT2D eigenvalue weighted by atomic mass is 127. The van der Waals surface area contributed by atoms with Crippen LogP contribution in [0.15, 0.2) is 78.9 Å². The Morgan fingerprint density at radius 1 is 0.739 bits per heavy atom. The van der Waals surface area contributed by atoms with Gasteiger partial charge in [-0.1, -0.05) is 60.7 Å². The van der Waals surface area contributed by atoms with E-state index in [1.54, 1.807) is 0 Å². The lowest BCUT2D eigenvalue weighted by Crippen LogP contribution is -1.92. The monoisotopic (exact) mass is 409 g/mol. The maximum atomic E-state index is 2.39. The fourth-order valence-electron chi connectivity index (χ4n) is 3.25. The normalized spacial score (nSPS) is 11.0. The zero-order valence-corrected chi connectivity index (χ0v) is 15.0. The first-order valence-corrected chi connectivity index (χ1v) is 8.72. The van der Waals surface area contributed by atoms with Gasteiger partial charge >= 0.3 is 0 Å². The van der Waals surface area contributed by atoms with E-state index in [2.05, 4.69) is 113 Å². The maximum Gasteiger partial charge on any atom is 0.0568 e. The molecule has 4 aromatic rings. The van der Waals surface area contributed by atoms with E-state index < -0.39 is 0 Å². The molecule has 0 atom stereocenters. The smallest absolute Gasteiger partial charge is 0.0568 e. The van der Waals surface area contributed by atoms with Crippen LogP contribution in [0.3, 0.4) is 0 Å². The molecule has 0 saturated heterocycles. The molecule has 0 spiro atoms. The lowest BCUT2D eigenvalue weighted by Gasteiger charge is -2.08. The molecule has 0 aliphatic rings. The van der Waals surface area contributed by atoms with Gasteiger partial charge in [0.15, 0.2) is 0 Å². The zero-order chi connectivity index (χ0) is 15.8. The van der Waals surface area contributed by atoms with E-state index in [0.717, 1.165) is 0 Å². The van der Waals surface area contributed by atoms with Gasteiger partial charge in [0.1, 0.15) is 0 Å². The summed E-state index contributed by atoms with van der Waals surface area (Å²) < 4.78 is 3.57. The lowest BCUT2D eigenvalue weighted by molar-refractivity contribution is 0.979. The summed E-state index contributed by atoms with van der Waals surface area (Å²) in [5.41, 5.74) is 6.36. The van der Waals surface area contributed by atoms with Gasteiger partial charge in [-0.25, -0.2) is 0 Å². The number of aryl methyl sites for hydroxylation is 1. The molecule has 1 nitrogen and oxygen atoms in total. The van der Waals surface area contributed by atoms with Gasteiger partial charge in [0.25, 0.3) is 0 Å². The Bertz CT molecular complexity index is 969. The first kappa shape index (κ1) is 14.5. The van der Waals surface area contributed by atoms with Crippen LogP contribution in [-0.4, -0.2) is 4.57 Å². The van der Waals surface area contributed by atoms with Crippen molar-refractivity contribution in [3.05, 3.63) is 82.4 Å². The van der Waals surface area contributed by atoms with Crippen LogP contribution in [-0.2, 0) is 7.05 Å². The molecule has 112 valence electrons. The molecule has 0 amide bonds. The summed E-state index contributed by atoms with van der Waals surface area (Å²) in [5, 5.41) is 1.31. The fraction of sp³-hybridized carbons (Fsp3) is 0.0476. The van der Waals surface area contributed by atoms with Gasteiger partial charge in [0, 0.05) is 27.1 Å². The third kappa shape index (κ3) is 2.47. The highest BCUT2D eigenvalue weighted by molar-refractivity contribution is 14.1. The molecular formula is C21H16IN. The van der Waals surface area contributed by atoms with Gasteiger partial charge in [-0.3, -0.25) is 0 Å². The number of rotatable bonds is 2. The van der Waals surface area contributed by atoms with Crippen molar-refractivity contribution in [3.63, 3.8) is 0 Å². The molecule has 0 fully saturated rings. The first-order valence-electron chi connectivity index (χ1n) is 7.64. The lowest BCUT2D eigenvalue weighted by atomic mass is 9.98. The Morgan fingerprint density at radius 3 is 2.00 bits per heavy atom. The molecule has 4 rings (SSSR count). The number of hydrogen-bond acceptors (Lipinski definition) is 0. The van der Waals surface area contributed by atoms with Crippen LogP contribution in [0.25, 0.3) is 33.3 Å². The van der Waals surface area contributed by atoms with Crippen molar-refractivity contribution in [2.24, 2.45) is 7.05 Å². The van der Waals surface area contributed by atoms with Crippen molar-refractivity contribution >= 4 is 33.5 Å². The summed E-state index contributed by atoms with van der Waals surface area (Å²) in [6, 6.07) is 28.0. The highest BCUT2D eigenvalue weighted by Crippen LogP contribution is 2.40. The Labute approximate surface area is 149 Å². The molecule has 0 radical (unpaired) electrons. The van der Waals surface area contributed by atoms with Gasteiger partial charge in [0.05, 0.1) is 5.69 Å². The molecule has 23 heavy (non-hydrogen) atoms.